The maximum Gasteiger partial charge on any atom is 0.146 e. The lowest BCUT2D eigenvalue weighted by Crippen LogP contribution is -1.88. The largest absolute Gasteiger partial charge is 0.262 e. The van der Waals surface area contributed by atoms with E-state index in [4.69, 9.17) is 0 Å². The average Bonchev–Trinajstić information content (AvgIpc) is 2.13. The molecule has 0 aliphatic rings. The molecule has 0 atom stereocenters. The van der Waals surface area contributed by atoms with Crippen molar-refractivity contribution in [1.82, 2.24) is 4.98 Å². The minimum absolute atomic E-state index is 0.693. The van der Waals surface area contributed by atoms with Crippen LogP contribution >= 0.6 is 15.9 Å². The molecule has 66 valence electrons. The van der Waals surface area contributed by atoms with Gasteiger partial charge >= 0.3 is 0 Å². The van der Waals surface area contributed by atoms with Gasteiger partial charge in [-0.25, -0.2) is 4.98 Å². The Morgan fingerprint density at radius 1 is 1.50 bits per heavy atom. The minimum Gasteiger partial charge on any atom is -0.262 e. The maximum atomic E-state index is 3.98. The summed E-state index contributed by atoms with van der Waals surface area (Å²) >= 11 is 3.26. The number of hydrogen-bond donors (Lipinski definition) is 1. The predicted molar refractivity (Wildman–Crippen MR) is 56.5 cm³/mol. The van der Waals surface area contributed by atoms with Crippen molar-refractivity contribution in [3.63, 3.8) is 0 Å². The van der Waals surface area contributed by atoms with Gasteiger partial charge in [0, 0.05) is 17.4 Å². The van der Waals surface area contributed by atoms with Crippen LogP contribution in [0.3, 0.4) is 0 Å². The first-order chi connectivity index (χ1) is 5.83. The standard InChI is InChI=1S/C6H6BrN3.C2H6/c1-8-10-6-3-2-5(7)4-9-6;1-2/h2-4H,1H2,(H,9,10);1-2H3. The van der Waals surface area contributed by atoms with Crippen LogP contribution < -0.4 is 5.43 Å². The van der Waals surface area contributed by atoms with Gasteiger partial charge in [0.15, 0.2) is 0 Å². The van der Waals surface area contributed by atoms with E-state index in [0.29, 0.717) is 5.82 Å². The van der Waals surface area contributed by atoms with E-state index in [-0.39, 0.29) is 0 Å². The van der Waals surface area contributed by atoms with E-state index in [9.17, 15) is 0 Å². The highest BCUT2D eigenvalue weighted by Crippen LogP contribution is 2.09. The molecule has 0 amide bonds. The van der Waals surface area contributed by atoms with Crippen LogP contribution in [-0.2, 0) is 0 Å². The molecule has 0 spiro atoms. The van der Waals surface area contributed by atoms with Crippen LogP contribution in [-0.4, -0.2) is 11.7 Å². The SMILES string of the molecule is C=NNc1ccc(Br)cn1.CC. The quantitative estimate of drug-likeness (QED) is 0.626. The van der Waals surface area contributed by atoms with Crippen molar-refractivity contribution >= 4 is 28.5 Å². The molecule has 0 saturated heterocycles. The fraction of sp³-hybridized carbons (Fsp3) is 0.250. The van der Waals surface area contributed by atoms with Crippen LogP contribution in [0.5, 0.6) is 0 Å². The van der Waals surface area contributed by atoms with Gasteiger partial charge in [-0.15, -0.1) is 0 Å². The zero-order valence-corrected chi connectivity index (χ0v) is 8.80. The smallest absolute Gasteiger partial charge is 0.146 e. The molecule has 1 rings (SSSR count). The summed E-state index contributed by atoms with van der Waals surface area (Å²) in [7, 11) is 0. The summed E-state index contributed by atoms with van der Waals surface area (Å²) < 4.78 is 0.946. The predicted octanol–water partition coefficient (Wildman–Crippen LogP) is 2.90. The molecule has 0 aromatic carbocycles. The fourth-order valence-corrected chi connectivity index (χ4v) is 0.757. The summed E-state index contributed by atoms with van der Waals surface area (Å²) in [6.07, 6.45) is 1.69. The molecular formula is C8H12BrN3. The fourth-order valence-electron chi connectivity index (χ4n) is 0.523. The number of nitrogens with one attached hydrogen (secondary N) is 1. The molecular weight excluding hydrogens is 218 g/mol. The third-order valence-electron chi connectivity index (χ3n) is 0.921. The monoisotopic (exact) mass is 229 g/mol. The van der Waals surface area contributed by atoms with Gasteiger partial charge in [-0.3, -0.25) is 5.43 Å². The van der Waals surface area contributed by atoms with E-state index < -0.39 is 0 Å². The van der Waals surface area contributed by atoms with E-state index in [1.165, 1.54) is 0 Å². The molecule has 4 heteroatoms. The van der Waals surface area contributed by atoms with Crippen LogP contribution in [0, 0.1) is 0 Å². The second-order valence-electron chi connectivity index (χ2n) is 1.63. The first kappa shape index (κ1) is 11.1. The van der Waals surface area contributed by atoms with E-state index in [0.717, 1.165) is 4.47 Å². The highest BCUT2D eigenvalue weighted by atomic mass is 79.9. The Kier molecular flexibility index (Phi) is 6.28. The van der Waals surface area contributed by atoms with Gasteiger partial charge in [0.2, 0.25) is 0 Å². The molecule has 0 bridgehead atoms. The Bertz CT molecular complexity index is 220. The summed E-state index contributed by atoms with van der Waals surface area (Å²) in [5.41, 5.74) is 2.62. The third-order valence-corrected chi connectivity index (χ3v) is 1.39. The molecule has 0 radical (unpaired) electrons. The lowest BCUT2D eigenvalue weighted by atomic mass is 10.5. The molecule has 0 saturated carbocycles. The Morgan fingerprint density at radius 2 is 2.17 bits per heavy atom. The number of halogens is 1. The van der Waals surface area contributed by atoms with Gasteiger partial charge in [0.1, 0.15) is 5.82 Å². The van der Waals surface area contributed by atoms with Crippen molar-refractivity contribution in [2.45, 2.75) is 13.8 Å². The molecule has 3 nitrogen and oxygen atoms in total. The number of anilines is 1. The van der Waals surface area contributed by atoms with Crippen molar-refractivity contribution in [2.24, 2.45) is 5.10 Å². The Morgan fingerprint density at radius 3 is 2.58 bits per heavy atom. The number of hydrogen-bond acceptors (Lipinski definition) is 3. The number of rotatable bonds is 2. The van der Waals surface area contributed by atoms with Gasteiger partial charge < -0.3 is 0 Å². The van der Waals surface area contributed by atoms with Crippen LogP contribution in [0.1, 0.15) is 13.8 Å². The summed E-state index contributed by atoms with van der Waals surface area (Å²) in [5, 5.41) is 3.46. The van der Waals surface area contributed by atoms with Crippen LogP contribution in [0.25, 0.3) is 0 Å². The number of pyridine rings is 1. The molecule has 0 aliphatic heterocycles. The first-order valence-electron chi connectivity index (χ1n) is 3.66. The summed E-state index contributed by atoms with van der Waals surface area (Å²) in [6.45, 7) is 7.27. The lowest BCUT2D eigenvalue weighted by Gasteiger charge is -1.95. The van der Waals surface area contributed by atoms with Crippen molar-refractivity contribution in [3.05, 3.63) is 22.8 Å². The molecule has 12 heavy (non-hydrogen) atoms. The van der Waals surface area contributed by atoms with Gasteiger partial charge in [-0.05, 0) is 28.1 Å². The van der Waals surface area contributed by atoms with Crippen molar-refractivity contribution in [2.75, 3.05) is 5.43 Å². The Balaban J connectivity index is 0.000000561. The van der Waals surface area contributed by atoms with Crippen molar-refractivity contribution < 1.29 is 0 Å². The molecule has 0 aliphatic carbocycles. The highest BCUT2D eigenvalue weighted by molar-refractivity contribution is 9.10. The number of aromatic nitrogens is 1. The molecule has 1 aromatic rings. The van der Waals surface area contributed by atoms with E-state index in [1.807, 2.05) is 19.9 Å². The summed E-state index contributed by atoms with van der Waals surface area (Å²) in [5.74, 6) is 0.693. The Hall–Kier alpha value is -0.900. The average molecular weight is 230 g/mol. The number of nitrogens with zero attached hydrogens (tertiary/aromatic N) is 2. The Labute approximate surface area is 81.0 Å². The second kappa shape index (κ2) is 6.79. The van der Waals surface area contributed by atoms with Gasteiger partial charge in [-0.2, -0.15) is 5.10 Å². The second-order valence-corrected chi connectivity index (χ2v) is 2.55. The molecule has 1 aromatic heterocycles. The number of hydrazone groups is 1. The minimum atomic E-state index is 0.693. The molecule has 0 unspecified atom stereocenters. The summed E-state index contributed by atoms with van der Waals surface area (Å²) in [4.78, 5) is 3.98. The van der Waals surface area contributed by atoms with Crippen molar-refractivity contribution in [3.8, 4) is 0 Å². The van der Waals surface area contributed by atoms with Crippen LogP contribution in [0.2, 0.25) is 0 Å². The molecule has 1 N–H and O–H groups in total. The molecule has 1 heterocycles. The zero-order chi connectivity index (χ0) is 9.40. The first-order valence-corrected chi connectivity index (χ1v) is 4.45. The zero-order valence-electron chi connectivity index (χ0n) is 7.21. The molecule has 0 fully saturated rings. The highest BCUT2D eigenvalue weighted by Gasteiger charge is 1.88. The van der Waals surface area contributed by atoms with Gasteiger partial charge in [0.25, 0.3) is 0 Å². The maximum absolute atomic E-state index is 3.98. The van der Waals surface area contributed by atoms with E-state index >= 15 is 0 Å². The topological polar surface area (TPSA) is 37.3 Å². The van der Waals surface area contributed by atoms with Crippen LogP contribution in [0.15, 0.2) is 27.9 Å². The van der Waals surface area contributed by atoms with Crippen LogP contribution in [0.4, 0.5) is 5.82 Å². The summed E-state index contributed by atoms with van der Waals surface area (Å²) in [6, 6.07) is 3.68. The normalized spacial score (nSPS) is 7.92. The third kappa shape index (κ3) is 4.08. The van der Waals surface area contributed by atoms with Gasteiger partial charge in [-0.1, -0.05) is 13.8 Å². The van der Waals surface area contributed by atoms with Crippen molar-refractivity contribution in [1.29, 1.82) is 0 Å². The van der Waals surface area contributed by atoms with Gasteiger partial charge in [0.05, 0.1) is 0 Å². The van der Waals surface area contributed by atoms with E-state index in [1.54, 1.807) is 12.3 Å². The lowest BCUT2D eigenvalue weighted by molar-refractivity contribution is 1.23. The van der Waals surface area contributed by atoms with E-state index in [2.05, 4.69) is 38.2 Å².